The Balaban J connectivity index is 4.24. The molecule has 0 radical (unpaired) electrons. The number of nitrogens with two attached hydrogens (primary N) is 1. The van der Waals surface area contributed by atoms with Crippen LogP contribution in [0.2, 0.25) is 0 Å². The van der Waals surface area contributed by atoms with Crippen molar-refractivity contribution in [3.63, 3.8) is 0 Å². The van der Waals surface area contributed by atoms with E-state index in [4.69, 9.17) is 11.0 Å². The van der Waals surface area contributed by atoms with Gasteiger partial charge in [-0.2, -0.15) is 18.4 Å². The monoisotopic (exact) mass is 223 g/mol. The zero-order valence-electron chi connectivity index (χ0n) is 9.10. The van der Waals surface area contributed by atoms with Gasteiger partial charge in [-0.1, -0.05) is 0 Å². The molecule has 88 valence electrons. The molecule has 0 saturated heterocycles. The second kappa shape index (κ2) is 4.81. The second-order valence-corrected chi connectivity index (χ2v) is 4.11. The molecule has 0 bridgehead atoms. The fourth-order valence-electron chi connectivity index (χ4n) is 1.25. The zero-order chi connectivity index (χ0) is 12.3. The Morgan fingerprint density at radius 1 is 1.47 bits per heavy atom. The lowest BCUT2D eigenvalue weighted by Gasteiger charge is -2.29. The Morgan fingerprint density at radius 3 is 2.27 bits per heavy atom. The first-order chi connectivity index (χ1) is 6.57. The van der Waals surface area contributed by atoms with Gasteiger partial charge in [0.2, 0.25) is 0 Å². The van der Waals surface area contributed by atoms with Crippen LogP contribution in [-0.2, 0) is 0 Å². The van der Waals surface area contributed by atoms with Crippen molar-refractivity contribution < 1.29 is 13.2 Å². The molecule has 0 aromatic heterocycles. The summed E-state index contributed by atoms with van der Waals surface area (Å²) in [5, 5.41) is 8.64. The number of hydrogen-bond donors (Lipinski definition) is 1. The van der Waals surface area contributed by atoms with E-state index in [2.05, 4.69) is 0 Å². The predicted octanol–water partition coefficient (Wildman–Crippen LogP) is 1.50. The number of halogens is 3. The molecule has 6 heteroatoms. The SMILES string of the molecule is CC(CC(C)(N)C#N)N(C)CC(F)(F)F. The van der Waals surface area contributed by atoms with Crippen molar-refractivity contribution in [2.24, 2.45) is 5.73 Å². The second-order valence-electron chi connectivity index (χ2n) is 4.11. The highest BCUT2D eigenvalue weighted by Gasteiger charge is 2.32. The minimum absolute atomic E-state index is 0.204. The minimum atomic E-state index is -4.22. The third kappa shape index (κ3) is 6.31. The Labute approximate surface area is 87.6 Å². The van der Waals surface area contributed by atoms with Crippen LogP contribution in [0.1, 0.15) is 20.3 Å². The summed E-state index contributed by atoms with van der Waals surface area (Å²) in [4.78, 5) is 1.14. The van der Waals surface area contributed by atoms with E-state index >= 15 is 0 Å². The molecular weight excluding hydrogens is 207 g/mol. The van der Waals surface area contributed by atoms with Gasteiger partial charge in [0, 0.05) is 6.04 Å². The van der Waals surface area contributed by atoms with Gasteiger partial charge in [-0.25, -0.2) is 0 Å². The van der Waals surface area contributed by atoms with E-state index in [9.17, 15) is 13.2 Å². The molecule has 2 unspecified atom stereocenters. The molecule has 0 aliphatic heterocycles. The Morgan fingerprint density at radius 2 is 1.93 bits per heavy atom. The van der Waals surface area contributed by atoms with Gasteiger partial charge in [0.1, 0.15) is 5.54 Å². The average molecular weight is 223 g/mol. The summed E-state index contributed by atoms with van der Waals surface area (Å²) in [6.45, 7) is 2.13. The van der Waals surface area contributed by atoms with Crippen molar-refractivity contribution in [3.8, 4) is 6.07 Å². The van der Waals surface area contributed by atoms with Crippen molar-refractivity contribution in [3.05, 3.63) is 0 Å². The molecular formula is C9H16F3N3. The van der Waals surface area contributed by atoms with Crippen LogP contribution in [0.15, 0.2) is 0 Å². The fourth-order valence-corrected chi connectivity index (χ4v) is 1.25. The summed E-state index contributed by atoms with van der Waals surface area (Å²) in [7, 11) is 1.37. The molecule has 0 aromatic rings. The highest BCUT2D eigenvalue weighted by Crippen LogP contribution is 2.19. The van der Waals surface area contributed by atoms with Crippen LogP contribution in [-0.4, -0.2) is 36.2 Å². The molecule has 0 spiro atoms. The lowest BCUT2D eigenvalue weighted by Crippen LogP contribution is -2.45. The standard InChI is InChI=1S/C9H16F3N3/c1-7(4-8(2,14)5-13)15(3)6-9(10,11)12/h7H,4,6,14H2,1-3H3. The van der Waals surface area contributed by atoms with Gasteiger partial charge in [0.15, 0.2) is 0 Å². The van der Waals surface area contributed by atoms with Crippen LogP contribution < -0.4 is 5.73 Å². The van der Waals surface area contributed by atoms with E-state index in [0.29, 0.717) is 0 Å². The maximum Gasteiger partial charge on any atom is 0.401 e. The Kier molecular flexibility index (Phi) is 4.56. The lowest BCUT2D eigenvalue weighted by atomic mass is 9.96. The zero-order valence-corrected chi connectivity index (χ0v) is 9.10. The topological polar surface area (TPSA) is 53.1 Å². The summed E-state index contributed by atoms with van der Waals surface area (Å²) in [6.07, 6.45) is -4.02. The first-order valence-corrected chi connectivity index (χ1v) is 4.54. The largest absolute Gasteiger partial charge is 0.401 e. The van der Waals surface area contributed by atoms with Crippen LogP contribution in [0.3, 0.4) is 0 Å². The Hall–Kier alpha value is -0.800. The van der Waals surface area contributed by atoms with Crippen molar-refractivity contribution in [2.45, 2.75) is 38.0 Å². The van der Waals surface area contributed by atoms with Gasteiger partial charge in [-0.05, 0) is 27.3 Å². The molecule has 2 N–H and O–H groups in total. The lowest BCUT2D eigenvalue weighted by molar-refractivity contribution is -0.147. The van der Waals surface area contributed by atoms with Crippen molar-refractivity contribution in [2.75, 3.05) is 13.6 Å². The maximum absolute atomic E-state index is 12.0. The number of nitriles is 1. The molecule has 15 heavy (non-hydrogen) atoms. The fraction of sp³-hybridized carbons (Fsp3) is 0.889. The third-order valence-electron chi connectivity index (χ3n) is 2.16. The first-order valence-electron chi connectivity index (χ1n) is 4.54. The van der Waals surface area contributed by atoms with Gasteiger partial charge >= 0.3 is 6.18 Å². The van der Waals surface area contributed by atoms with Gasteiger partial charge in [0.05, 0.1) is 12.6 Å². The van der Waals surface area contributed by atoms with E-state index in [1.807, 2.05) is 6.07 Å². The van der Waals surface area contributed by atoms with Gasteiger partial charge in [0.25, 0.3) is 0 Å². The number of nitrogens with zero attached hydrogens (tertiary/aromatic N) is 2. The summed E-state index contributed by atoms with van der Waals surface area (Å²) in [6, 6.07) is 1.47. The molecule has 0 rings (SSSR count). The summed E-state index contributed by atoms with van der Waals surface area (Å²) >= 11 is 0. The highest BCUT2D eigenvalue weighted by atomic mass is 19.4. The first kappa shape index (κ1) is 14.2. The number of rotatable bonds is 4. The minimum Gasteiger partial charge on any atom is -0.314 e. The van der Waals surface area contributed by atoms with Gasteiger partial charge in [-0.15, -0.1) is 0 Å². The van der Waals surface area contributed by atoms with Gasteiger partial charge in [-0.3, -0.25) is 4.90 Å². The van der Waals surface area contributed by atoms with E-state index in [1.54, 1.807) is 6.92 Å². The number of hydrogen-bond acceptors (Lipinski definition) is 3. The summed E-state index contributed by atoms with van der Waals surface area (Å²) in [5.74, 6) is 0. The summed E-state index contributed by atoms with van der Waals surface area (Å²) in [5.41, 5.74) is 4.47. The quantitative estimate of drug-likeness (QED) is 0.785. The van der Waals surface area contributed by atoms with Crippen LogP contribution in [0.5, 0.6) is 0 Å². The van der Waals surface area contributed by atoms with Crippen molar-refractivity contribution >= 4 is 0 Å². The normalized spacial score (nSPS) is 18.3. The molecule has 0 aromatic carbocycles. The summed E-state index contributed by atoms with van der Waals surface area (Å²) < 4.78 is 36.1. The van der Waals surface area contributed by atoms with Crippen LogP contribution >= 0.6 is 0 Å². The van der Waals surface area contributed by atoms with Gasteiger partial charge < -0.3 is 5.73 Å². The molecule has 0 saturated carbocycles. The maximum atomic E-state index is 12.0. The molecule has 0 aliphatic carbocycles. The molecule has 0 heterocycles. The molecule has 0 amide bonds. The van der Waals surface area contributed by atoms with E-state index in [1.165, 1.54) is 14.0 Å². The number of alkyl halides is 3. The highest BCUT2D eigenvalue weighted by molar-refractivity contribution is 5.02. The molecule has 0 aliphatic rings. The smallest absolute Gasteiger partial charge is 0.314 e. The van der Waals surface area contributed by atoms with E-state index < -0.39 is 18.3 Å². The van der Waals surface area contributed by atoms with E-state index in [0.717, 1.165) is 4.90 Å². The van der Waals surface area contributed by atoms with Crippen LogP contribution in [0.4, 0.5) is 13.2 Å². The Bertz CT molecular complexity index is 242. The molecule has 3 nitrogen and oxygen atoms in total. The van der Waals surface area contributed by atoms with Crippen LogP contribution in [0, 0.1) is 11.3 Å². The van der Waals surface area contributed by atoms with Crippen molar-refractivity contribution in [1.29, 1.82) is 5.26 Å². The predicted molar refractivity (Wildman–Crippen MR) is 51.0 cm³/mol. The van der Waals surface area contributed by atoms with Crippen LogP contribution in [0.25, 0.3) is 0 Å². The third-order valence-corrected chi connectivity index (χ3v) is 2.16. The average Bonchev–Trinajstić information content (AvgIpc) is 2.00. The van der Waals surface area contributed by atoms with E-state index in [-0.39, 0.29) is 12.5 Å². The molecule has 2 atom stereocenters. The van der Waals surface area contributed by atoms with Crippen molar-refractivity contribution in [1.82, 2.24) is 4.90 Å². The molecule has 0 fully saturated rings.